The molecule has 3 aromatic heterocycles. The third-order valence-electron chi connectivity index (χ3n) is 12.9. The van der Waals surface area contributed by atoms with E-state index in [1.807, 2.05) is 6.20 Å². The van der Waals surface area contributed by atoms with Gasteiger partial charge in [0.25, 0.3) is 6.33 Å². The number of hydrogen-bond donors (Lipinski definition) is 0. The molecule has 0 aliphatic carbocycles. The zero-order valence-electron chi connectivity index (χ0n) is 43.9. The van der Waals surface area contributed by atoms with Gasteiger partial charge in [-0.05, 0) is 132 Å². The van der Waals surface area contributed by atoms with Crippen LogP contribution in [0, 0.1) is 6.33 Å². The van der Waals surface area contributed by atoms with Crippen molar-refractivity contribution < 1.29 is 9.30 Å². The topological polar surface area (TPSA) is 35.9 Å². The monoisotopic (exact) mass is 871 g/mol. The Balaban J connectivity index is 1.46. The van der Waals surface area contributed by atoms with Gasteiger partial charge in [0.2, 0.25) is 0 Å². The summed E-state index contributed by atoms with van der Waals surface area (Å²) in [5, 5.41) is 2.38. The van der Waals surface area contributed by atoms with Gasteiger partial charge in [0.1, 0.15) is 17.3 Å². The molecule has 5 heteroatoms. The Hall–Kier alpha value is -5.16. The van der Waals surface area contributed by atoms with Gasteiger partial charge < -0.3 is 4.74 Å². The summed E-state index contributed by atoms with van der Waals surface area (Å²) in [4.78, 5) is 4.99. The Morgan fingerprint density at radius 3 is 1.54 bits per heavy atom. The van der Waals surface area contributed by atoms with E-state index in [4.69, 9.17) is 9.72 Å². The summed E-state index contributed by atoms with van der Waals surface area (Å²) in [5.74, 6) is 2.46. The second kappa shape index (κ2) is 15.7. The molecule has 0 spiro atoms. The molecule has 0 saturated heterocycles. The molecule has 4 aromatic carbocycles. The minimum atomic E-state index is -0.221. The summed E-state index contributed by atoms with van der Waals surface area (Å²) >= 11 is 0. The van der Waals surface area contributed by atoms with Crippen molar-refractivity contribution in [2.45, 2.75) is 183 Å². The average Bonchev–Trinajstić information content (AvgIpc) is 3.74. The fourth-order valence-electron chi connectivity index (χ4n) is 8.90. The highest BCUT2D eigenvalue weighted by molar-refractivity contribution is 6.09. The van der Waals surface area contributed by atoms with Crippen LogP contribution in [-0.2, 0) is 37.9 Å². The van der Waals surface area contributed by atoms with Crippen LogP contribution in [0.15, 0.2) is 91.1 Å². The van der Waals surface area contributed by atoms with Crippen molar-refractivity contribution in [1.82, 2.24) is 14.1 Å². The van der Waals surface area contributed by atoms with Crippen LogP contribution in [0.5, 0.6) is 11.5 Å². The van der Waals surface area contributed by atoms with Gasteiger partial charge in [-0.1, -0.05) is 158 Å². The van der Waals surface area contributed by atoms with Crippen LogP contribution >= 0.6 is 0 Å². The number of hydrogen-bond acceptors (Lipinski definition) is 2. The largest absolute Gasteiger partial charge is 0.458 e. The molecule has 7 aromatic rings. The maximum atomic E-state index is 7.08. The van der Waals surface area contributed by atoms with Gasteiger partial charge in [0, 0.05) is 23.0 Å². The molecule has 3 heterocycles. The van der Waals surface area contributed by atoms with E-state index < -0.39 is 0 Å². The summed E-state index contributed by atoms with van der Waals surface area (Å²) in [6.07, 6.45) is 5.93. The van der Waals surface area contributed by atoms with Crippen molar-refractivity contribution in [3.8, 4) is 28.7 Å². The van der Waals surface area contributed by atoms with Gasteiger partial charge in [-0.15, -0.1) is 0 Å². The quantitative estimate of drug-likeness (QED) is 0.128. The lowest BCUT2D eigenvalue weighted by Gasteiger charge is -2.31. The molecule has 0 saturated carbocycles. The number of benzene rings is 4. The third kappa shape index (κ3) is 9.58. The highest BCUT2D eigenvalue weighted by Crippen LogP contribution is 2.41. The molecule has 0 atom stereocenters. The van der Waals surface area contributed by atoms with Crippen LogP contribution in [0.4, 0.5) is 0 Å². The van der Waals surface area contributed by atoms with Crippen molar-refractivity contribution in [2.75, 3.05) is 0 Å². The van der Waals surface area contributed by atoms with E-state index in [9.17, 15) is 0 Å². The first-order valence-corrected chi connectivity index (χ1v) is 23.8. The highest BCUT2D eigenvalue weighted by atomic mass is 16.5. The van der Waals surface area contributed by atoms with E-state index in [0.717, 1.165) is 39.7 Å². The standard InChI is InChI=1S/C60H78N4O/c1-54(2,3)38-22-25-49-48(33-38)47-24-23-45(36-50(47)64(49)51-34-39(26-27-61-51)55(4,5)6)65-46-32-42(58(13,14)15)31-44(35-46)63-37-62(52(59(16,17)18)53(63)60(19,20)21)43-29-40(56(7,8)9)28-41(30-43)57(10,11)12/h22-36H,1-21H3. The summed E-state index contributed by atoms with van der Waals surface area (Å²) in [6, 6.07) is 31.7. The van der Waals surface area contributed by atoms with Gasteiger partial charge in [-0.25, -0.2) is 4.98 Å². The number of pyridine rings is 1. The van der Waals surface area contributed by atoms with E-state index in [1.54, 1.807) is 0 Å². The molecule has 0 unspecified atom stereocenters. The molecule has 0 fully saturated rings. The van der Waals surface area contributed by atoms with Gasteiger partial charge in [-0.3, -0.25) is 13.7 Å². The predicted octanol–water partition coefficient (Wildman–Crippen LogP) is 15.9. The fraction of sp³-hybridized carbons (Fsp3) is 0.467. The smallest absolute Gasteiger partial charge is 0.269 e. The summed E-state index contributed by atoms with van der Waals surface area (Å²) in [7, 11) is 0. The van der Waals surface area contributed by atoms with Crippen LogP contribution in [0.25, 0.3) is 39.0 Å². The first-order chi connectivity index (χ1) is 29.6. The molecule has 7 rings (SSSR count). The Kier molecular flexibility index (Phi) is 11.6. The lowest BCUT2D eigenvalue weighted by atomic mass is 9.79. The Morgan fingerprint density at radius 1 is 0.446 bits per heavy atom. The molecule has 344 valence electrons. The Labute approximate surface area is 392 Å². The number of rotatable bonds is 5. The van der Waals surface area contributed by atoms with Crippen LogP contribution in [0.2, 0.25) is 0 Å². The number of ether oxygens (including phenoxy) is 1. The average molecular weight is 871 g/mol. The first-order valence-electron chi connectivity index (χ1n) is 23.8. The van der Waals surface area contributed by atoms with E-state index >= 15 is 0 Å². The minimum Gasteiger partial charge on any atom is -0.458 e. The molecular weight excluding hydrogens is 793 g/mol. The summed E-state index contributed by atoms with van der Waals surface area (Å²) < 4.78 is 14.1. The molecule has 0 N–H and O–H groups in total. The maximum Gasteiger partial charge on any atom is 0.269 e. The molecule has 0 aliphatic heterocycles. The van der Waals surface area contributed by atoms with E-state index in [-0.39, 0.29) is 37.9 Å². The third-order valence-corrected chi connectivity index (χ3v) is 12.9. The van der Waals surface area contributed by atoms with Gasteiger partial charge in [-0.2, -0.15) is 0 Å². The van der Waals surface area contributed by atoms with Gasteiger partial charge in [0.15, 0.2) is 0 Å². The van der Waals surface area contributed by atoms with E-state index in [0.29, 0.717) is 0 Å². The second-order valence-electron chi connectivity index (χ2n) is 26.0. The number of aromatic nitrogens is 4. The van der Waals surface area contributed by atoms with Crippen molar-refractivity contribution in [3.05, 3.63) is 137 Å². The predicted molar refractivity (Wildman–Crippen MR) is 276 cm³/mol. The van der Waals surface area contributed by atoms with Crippen molar-refractivity contribution in [2.24, 2.45) is 0 Å². The maximum absolute atomic E-state index is 7.08. The lowest BCUT2D eigenvalue weighted by Crippen LogP contribution is -2.41. The molecule has 65 heavy (non-hydrogen) atoms. The van der Waals surface area contributed by atoms with E-state index in [1.165, 1.54) is 50.0 Å². The van der Waals surface area contributed by atoms with Crippen LogP contribution < -0.4 is 9.30 Å². The SMILES string of the molecule is CC(C)(C)c1cc(Oc2ccc3c4cc(C(C)(C)C)ccc4n(-c4cc(C(C)(C)C)ccn4)c3c2)cc(-n2[c-][n+](-c3cc(C(C)(C)C)cc(C(C)(C)C)c3)c(C(C)(C)C)c2C(C)(C)C)c1. The Bertz CT molecular complexity index is 2890. The summed E-state index contributed by atoms with van der Waals surface area (Å²) in [5.41, 5.74) is 12.6. The van der Waals surface area contributed by atoms with Crippen molar-refractivity contribution >= 4 is 21.8 Å². The van der Waals surface area contributed by atoms with Crippen LogP contribution in [0.1, 0.15) is 185 Å². The summed E-state index contributed by atoms with van der Waals surface area (Å²) in [6.45, 7) is 48.3. The lowest BCUT2D eigenvalue weighted by molar-refractivity contribution is -0.611. The zero-order valence-corrected chi connectivity index (χ0v) is 43.9. The molecule has 0 aliphatic rings. The number of imidazole rings is 1. The number of fused-ring (bicyclic) bond motifs is 3. The van der Waals surface area contributed by atoms with Crippen LogP contribution in [-0.4, -0.2) is 14.1 Å². The molecule has 5 nitrogen and oxygen atoms in total. The second-order valence-corrected chi connectivity index (χ2v) is 26.0. The van der Waals surface area contributed by atoms with Crippen LogP contribution in [0.3, 0.4) is 0 Å². The first kappa shape index (κ1) is 47.8. The van der Waals surface area contributed by atoms with Gasteiger partial charge >= 0.3 is 0 Å². The number of nitrogens with zero attached hydrogens (tertiary/aromatic N) is 4. The van der Waals surface area contributed by atoms with Crippen molar-refractivity contribution in [3.63, 3.8) is 0 Å². The zero-order chi connectivity index (χ0) is 48.2. The molecular formula is C60H78N4O. The highest BCUT2D eigenvalue weighted by Gasteiger charge is 2.35. The fourth-order valence-corrected chi connectivity index (χ4v) is 8.90. The molecule has 0 radical (unpaired) electrons. The molecule has 0 amide bonds. The van der Waals surface area contributed by atoms with Gasteiger partial charge in [0.05, 0.1) is 33.8 Å². The minimum absolute atomic E-state index is 0.00852. The molecule has 0 bridgehead atoms. The van der Waals surface area contributed by atoms with E-state index in [2.05, 4.69) is 250 Å². The van der Waals surface area contributed by atoms with Crippen molar-refractivity contribution in [1.29, 1.82) is 0 Å². The normalized spacial score (nSPS) is 13.6. The Morgan fingerprint density at radius 2 is 1.00 bits per heavy atom.